The van der Waals surface area contributed by atoms with Crippen molar-refractivity contribution in [2.75, 3.05) is 31.3 Å². The molecule has 4 nitrogen and oxygen atoms in total. The van der Waals surface area contributed by atoms with Gasteiger partial charge in [0.15, 0.2) is 12.1 Å². The molecular formula is C29H48O4S2. The Labute approximate surface area is 222 Å². The molecule has 2 saturated carbocycles. The predicted octanol–water partition coefficient (Wildman–Crippen LogP) is 7.42. The van der Waals surface area contributed by atoms with E-state index < -0.39 is 0 Å². The van der Waals surface area contributed by atoms with Gasteiger partial charge in [-0.1, -0.05) is 45.3 Å². The van der Waals surface area contributed by atoms with Crippen molar-refractivity contribution < 1.29 is 18.9 Å². The second kappa shape index (κ2) is 12.4. The molecule has 200 valence electrons. The predicted molar refractivity (Wildman–Crippen MR) is 147 cm³/mol. The van der Waals surface area contributed by atoms with E-state index in [1.54, 1.807) is 0 Å². The van der Waals surface area contributed by atoms with Crippen LogP contribution in [0.2, 0.25) is 0 Å². The Morgan fingerprint density at radius 2 is 1.66 bits per heavy atom. The second-order valence-electron chi connectivity index (χ2n) is 12.3. The number of hydrogen-bond donors (Lipinski definition) is 0. The zero-order chi connectivity index (χ0) is 24.1. The van der Waals surface area contributed by atoms with E-state index >= 15 is 0 Å². The number of rotatable bonds is 8. The Kier molecular flexibility index (Phi) is 9.54. The van der Waals surface area contributed by atoms with Crippen molar-refractivity contribution in [2.45, 2.75) is 114 Å². The molecule has 5 rings (SSSR count). The number of allylic oxidation sites excluding steroid dienone is 1. The van der Waals surface area contributed by atoms with Crippen LogP contribution in [0.15, 0.2) is 12.2 Å². The lowest BCUT2D eigenvalue weighted by molar-refractivity contribution is -0.316. The summed E-state index contributed by atoms with van der Waals surface area (Å²) >= 11 is 4.30. The fourth-order valence-corrected chi connectivity index (χ4v) is 9.60. The monoisotopic (exact) mass is 524 g/mol. The molecule has 0 bridgehead atoms. The normalized spacial score (nSPS) is 35.2. The van der Waals surface area contributed by atoms with E-state index in [0.29, 0.717) is 17.8 Å². The zero-order valence-electron chi connectivity index (χ0n) is 22.1. The van der Waals surface area contributed by atoms with Gasteiger partial charge in [-0.25, -0.2) is 0 Å². The summed E-state index contributed by atoms with van der Waals surface area (Å²) < 4.78 is 26.6. The number of thioether (sulfide) groups is 2. The van der Waals surface area contributed by atoms with Crippen LogP contribution in [0.5, 0.6) is 0 Å². The molecule has 0 aromatic carbocycles. The van der Waals surface area contributed by atoms with Gasteiger partial charge in [-0.3, -0.25) is 0 Å². The van der Waals surface area contributed by atoms with Gasteiger partial charge >= 0.3 is 0 Å². The first-order valence-electron chi connectivity index (χ1n) is 14.5. The molecule has 0 amide bonds. The Morgan fingerprint density at radius 1 is 0.914 bits per heavy atom. The highest BCUT2D eigenvalue weighted by atomic mass is 32.2. The molecule has 0 aromatic rings. The summed E-state index contributed by atoms with van der Waals surface area (Å²) in [6.07, 6.45) is 19.8. The molecule has 35 heavy (non-hydrogen) atoms. The first kappa shape index (κ1) is 26.9. The third kappa shape index (κ3) is 7.03. The minimum atomic E-state index is -0.383. The van der Waals surface area contributed by atoms with E-state index in [4.69, 9.17) is 18.9 Å². The Hall–Kier alpha value is 0.280. The van der Waals surface area contributed by atoms with Crippen LogP contribution in [0.4, 0.5) is 0 Å². The van der Waals surface area contributed by atoms with Crippen LogP contribution in [0, 0.1) is 23.2 Å². The molecule has 0 radical (unpaired) electrons. The molecule has 6 heteroatoms. The number of ether oxygens (including phenoxy) is 4. The summed E-state index contributed by atoms with van der Waals surface area (Å²) in [5.74, 6) is 3.81. The quantitative estimate of drug-likeness (QED) is 0.308. The van der Waals surface area contributed by atoms with Crippen molar-refractivity contribution in [1.29, 1.82) is 0 Å². The Balaban J connectivity index is 1.29. The SMILES string of the molecule is CC1(C)COC2(CCC(/C=C/C(OC3CCCCO3)C3CCCCC3)C2CCC2SCCS2)OC1. The fraction of sp³-hybridized carbons (Fsp3) is 0.931. The van der Waals surface area contributed by atoms with Crippen molar-refractivity contribution in [2.24, 2.45) is 23.2 Å². The molecule has 0 aromatic heterocycles. The summed E-state index contributed by atoms with van der Waals surface area (Å²) in [7, 11) is 0. The Bertz CT molecular complexity index is 670. The van der Waals surface area contributed by atoms with Gasteiger partial charge in [0.1, 0.15) is 0 Å². The largest absolute Gasteiger partial charge is 0.353 e. The molecule has 3 aliphatic heterocycles. The maximum absolute atomic E-state index is 6.65. The van der Waals surface area contributed by atoms with E-state index in [1.807, 2.05) is 0 Å². The van der Waals surface area contributed by atoms with Crippen molar-refractivity contribution in [3.05, 3.63) is 12.2 Å². The van der Waals surface area contributed by atoms with E-state index in [9.17, 15) is 0 Å². The van der Waals surface area contributed by atoms with E-state index in [0.717, 1.165) is 43.7 Å². The average molecular weight is 525 g/mol. The molecule has 5 fully saturated rings. The van der Waals surface area contributed by atoms with E-state index in [2.05, 4.69) is 49.5 Å². The highest BCUT2D eigenvalue weighted by molar-refractivity contribution is 8.20. The van der Waals surface area contributed by atoms with E-state index in [-0.39, 0.29) is 23.6 Å². The maximum atomic E-state index is 6.65. The van der Waals surface area contributed by atoms with Gasteiger partial charge in [0.25, 0.3) is 0 Å². The van der Waals surface area contributed by atoms with Crippen molar-refractivity contribution in [3.63, 3.8) is 0 Å². The molecule has 4 unspecified atom stereocenters. The van der Waals surface area contributed by atoms with Crippen LogP contribution in [0.1, 0.15) is 90.9 Å². The fourth-order valence-electron chi connectivity index (χ4n) is 6.73. The summed E-state index contributed by atoms with van der Waals surface area (Å²) in [6.45, 7) is 6.97. The minimum Gasteiger partial charge on any atom is -0.353 e. The highest BCUT2D eigenvalue weighted by Gasteiger charge is 2.53. The van der Waals surface area contributed by atoms with Crippen LogP contribution < -0.4 is 0 Å². The molecule has 2 aliphatic carbocycles. The van der Waals surface area contributed by atoms with Crippen LogP contribution >= 0.6 is 23.5 Å². The van der Waals surface area contributed by atoms with Gasteiger partial charge in [0.2, 0.25) is 0 Å². The molecule has 5 aliphatic rings. The minimum absolute atomic E-state index is 0.0188. The first-order valence-corrected chi connectivity index (χ1v) is 16.6. The lowest BCUT2D eigenvalue weighted by Gasteiger charge is -2.45. The third-order valence-corrected chi connectivity index (χ3v) is 12.0. The van der Waals surface area contributed by atoms with Crippen molar-refractivity contribution >= 4 is 23.5 Å². The molecule has 3 saturated heterocycles. The van der Waals surface area contributed by atoms with Gasteiger partial charge in [0, 0.05) is 35.9 Å². The van der Waals surface area contributed by atoms with Gasteiger partial charge in [-0.15, -0.1) is 23.5 Å². The first-order chi connectivity index (χ1) is 17.0. The van der Waals surface area contributed by atoms with E-state index in [1.165, 1.54) is 69.3 Å². The molecule has 1 spiro atoms. The highest BCUT2D eigenvalue weighted by Crippen LogP contribution is 2.51. The summed E-state index contributed by atoms with van der Waals surface area (Å²) in [5.41, 5.74) is 0.112. The average Bonchev–Trinajstić information content (AvgIpc) is 3.52. The van der Waals surface area contributed by atoms with Crippen LogP contribution in [-0.2, 0) is 18.9 Å². The molecule has 3 heterocycles. The van der Waals surface area contributed by atoms with Crippen LogP contribution in [0.3, 0.4) is 0 Å². The lowest BCUT2D eigenvalue weighted by atomic mass is 9.83. The third-order valence-electron chi connectivity index (χ3n) is 8.84. The topological polar surface area (TPSA) is 36.9 Å². The summed E-state index contributed by atoms with van der Waals surface area (Å²) in [6, 6.07) is 0. The standard InChI is InChI=1S/C29H48O4S2/c1-28(2)20-31-29(32-21-28)16-15-22(24(29)12-14-27-34-18-19-35-27)11-13-25(23-8-4-3-5-9-23)33-26-10-6-7-17-30-26/h11,13,22-27H,3-10,12,14-21H2,1-2H3/b13-11+. The van der Waals surface area contributed by atoms with Gasteiger partial charge in [-0.2, -0.15) is 0 Å². The summed E-state index contributed by atoms with van der Waals surface area (Å²) in [4.78, 5) is 0. The van der Waals surface area contributed by atoms with Crippen LogP contribution in [0.25, 0.3) is 0 Å². The smallest absolute Gasteiger partial charge is 0.171 e. The molecule has 0 N–H and O–H groups in total. The number of hydrogen-bond acceptors (Lipinski definition) is 6. The molecule has 4 atom stereocenters. The zero-order valence-corrected chi connectivity index (χ0v) is 23.7. The molecular weight excluding hydrogens is 476 g/mol. The van der Waals surface area contributed by atoms with Gasteiger partial charge < -0.3 is 18.9 Å². The van der Waals surface area contributed by atoms with Crippen LogP contribution in [-0.4, -0.2) is 54.1 Å². The Morgan fingerprint density at radius 3 is 2.37 bits per heavy atom. The summed E-state index contributed by atoms with van der Waals surface area (Å²) in [5, 5.41) is 0. The lowest BCUT2D eigenvalue weighted by Crippen LogP contribution is -2.50. The van der Waals surface area contributed by atoms with Crippen molar-refractivity contribution in [3.8, 4) is 0 Å². The second-order valence-corrected chi connectivity index (χ2v) is 15.2. The maximum Gasteiger partial charge on any atom is 0.171 e. The van der Waals surface area contributed by atoms with Gasteiger partial charge in [-0.05, 0) is 63.2 Å². The van der Waals surface area contributed by atoms with Gasteiger partial charge in [0.05, 0.1) is 23.9 Å². The van der Waals surface area contributed by atoms with Crippen molar-refractivity contribution in [1.82, 2.24) is 0 Å².